The van der Waals surface area contributed by atoms with Gasteiger partial charge in [-0.25, -0.2) is 9.40 Å². The van der Waals surface area contributed by atoms with Crippen molar-refractivity contribution in [2.24, 2.45) is 11.0 Å². The molecule has 0 N–H and O–H groups in total. The van der Waals surface area contributed by atoms with Crippen LogP contribution in [0.4, 0.5) is 4.39 Å². The van der Waals surface area contributed by atoms with Crippen LogP contribution in [0.3, 0.4) is 0 Å². The Labute approximate surface area is 229 Å². The molecule has 9 nitrogen and oxygen atoms in total. The zero-order valence-electron chi connectivity index (χ0n) is 23.1. The van der Waals surface area contributed by atoms with Gasteiger partial charge in [0.15, 0.2) is 0 Å². The third-order valence-corrected chi connectivity index (χ3v) is 7.06. The minimum absolute atomic E-state index is 0.0878. The van der Waals surface area contributed by atoms with Crippen molar-refractivity contribution in [3.05, 3.63) is 59.4 Å². The molecule has 0 bridgehead atoms. The number of hydrogen-bond donors (Lipinski definition) is 0. The molecule has 0 saturated carbocycles. The number of rotatable bonds is 10. The number of amides is 2. The molecule has 1 fully saturated rings. The Balaban J connectivity index is 1.61. The lowest BCUT2D eigenvalue weighted by molar-refractivity contribution is -0.143. The summed E-state index contributed by atoms with van der Waals surface area (Å²) in [5.74, 6) is 0.210. The minimum Gasteiger partial charge on any atom is -0.497 e. The molecule has 2 aliphatic heterocycles. The first-order valence-electron chi connectivity index (χ1n) is 13.3. The molecule has 2 aliphatic rings. The molecule has 2 heterocycles. The maximum absolute atomic E-state index is 13.8. The Morgan fingerprint density at radius 1 is 1.10 bits per heavy atom. The molecule has 1 unspecified atom stereocenters. The van der Waals surface area contributed by atoms with Gasteiger partial charge in [-0.05, 0) is 29.8 Å². The monoisotopic (exact) mass is 540 g/mol. The van der Waals surface area contributed by atoms with Gasteiger partial charge in [-0.1, -0.05) is 26.0 Å². The van der Waals surface area contributed by atoms with Crippen molar-refractivity contribution in [1.29, 1.82) is 0 Å². The van der Waals surface area contributed by atoms with E-state index < -0.39 is 6.04 Å². The van der Waals surface area contributed by atoms with Crippen LogP contribution in [0.2, 0.25) is 0 Å². The number of morpholine rings is 1. The molecule has 2 aromatic rings. The van der Waals surface area contributed by atoms with Crippen molar-refractivity contribution in [2.75, 3.05) is 60.2 Å². The van der Waals surface area contributed by atoms with Gasteiger partial charge in [0.2, 0.25) is 5.91 Å². The number of carbonyl (C=O) groups excluding carboxylic acids is 2. The molecule has 0 aliphatic carbocycles. The van der Waals surface area contributed by atoms with Crippen LogP contribution >= 0.6 is 0 Å². The first-order valence-corrected chi connectivity index (χ1v) is 13.3. The summed E-state index contributed by atoms with van der Waals surface area (Å²) in [5.41, 5.74) is 2.15. The lowest BCUT2D eigenvalue weighted by Crippen LogP contribution is -2.47. The van der Waals surface area contributed by atoms with Crippen LogP contribution in [0.15, 0.2) is 47.6 Å². The summed E-state index contributed by atoms with van der Waals surface area (Å²) < 4.78 is 30.1. The smallest absolute Gasteiger partial charge is 0.262 e. The zero-order valence-corrected chi connectivity index (χ0v) is 23.1. The van der Waals surface area contributed by atoms with Crippen LogP contribution in [0.5, 0.6) is 11.5 Å². The molecule has 2 amide bonds. The number of ether oxygens (including phenoxy) is 3. The summed E-state index contributed by atoms with van der Waals surface area (Å²) in [4.78, 5) is 30.7. The quantitative estimate of drug-likeness (QED) is 0.460. The largest absolute Gasteiger partial charge is 0.497 e. The van der Waals surface area contributed by atoms with Crippen LogP contribution in [0.1, 0.15) is 37.4 Å². The fourth-order valence-corrected chi connectivity index (χ4v) is 4.84. The maximum atomic E-state index is 13.8. The summed E-state index contributed by atoms with van der Waals surface area (Å²) in [7, 11) is 3.15. The van der Waals surface area contributed by atoms with E-state index in [0.717, 1.165) is 24.2 Å². The second-order valence-corrected chi connectivity index (χ2v) is 9.99. The number of hydrogen-bond acceptors (Lipinski definition) is 7. The van der Waals surface area contributed by atoms with E-state index in [1.54, 1.807) is 37.3 Å². The third-order valence-electron chi connectivity index (χ3n) is 7.06. The van der Waals surface area contributed by atoms with Crippen LogP contribution in [-0.4, -0.2) is 92.5 Å². The summed E-state index contributed by atoms with van der Waals surface area (Å²) in [6, 6.07) is 11.1. The molecule has 39 heavy (non-hydrogen) atoms. The summed E-state index contributed by atoms with van der Waals surface area (Å²) >= 11 is 0. The highest BCUT2D eigenvalue weighted by atomic mass is 19.1. The molecule has 0 radical (unpaired) electrons. The van der Waals surface area contributed by atoms with E-state index in [1.807, 2.05) is 26.0 Å². The Hall–Kier alpha value is -3.50. The molecule has 1 atom stereocenters. The normalized spacial score (nSPS) is 17.7. The van der Waals surface area contributed by atoms with Crippen molar-refractivity contribution in [3.8, 4) is 11.5 Å². The first kappa shape index (κ1) is 28.5. The van der Waals surface area contributed by atoms with Crippen molar-refractivity contribution in [3.63, 3.8) is 0 Å². The molecule has 210 valence electrons. The average molecular weight is 541 g/mol. The van der Waals surface area contributed by atoms with Gasteiger partial charge in [-0.2, -0.15) is 5.10 Å². The summed E-state index contributed by atoms with van der Waals surface area (Å²) in [6.07, 6.45) is 0.409. The van der Waals surface area contributed by atoms with E-state index in [2.05, 4.69) is 4.90 Å². The maximum Gasteiger partial charge on any atom is 0.262 e. The van der Waals surface area contributed by atoms with E-state index in [9.17, 15) is 14.0 Å². The van der Waals surface area contributed by atoms with Crippen LogP contribution in [0.25, 0.3) is 0 Å². The standard InChI is InChI=1S/C29H37FN4O5/c1-20(2)29(36)33(12-11-32-13-15-39-16-14-32)19-28(35)34-26(21-5-7-22(30)8-6-21)18-25(31-34)24-10-9-23(37-3)17-27(24)38-4/h5-10,17,20,26H,11-16,18-19H2,1-4H3. The number of nitrogens with zero attached hydrogens (tertiary/aromatic N) is 4. The van der Waals surface area contributed by atoms with Crippen LogP contribution in [0, 0.1) is 11.7 Å². The van der Waals surface area contributed by atoms with Gasteiger partial charge in [0.25, 0.3) is 5.91 Å². The van der Waals surface area contributed by atoms with E-state index in [-0.39, 0.29) is 30.1 Å². The summed E-state index contributed by atoms with van der Waals surface area (Å²) in [5, 5.41) is 6.16. The average Bonchev–Trinajstić information content (AvgIpc) is 3.40. The number of benzene rings is 2. The van der Waals surface area contributed by atoms with Crippen molar-refractivity contribution < 1.29 is 28.2 Å². The highest BCUT2D eigenvalue weighted by molar-refractivity contribution is 6.05. The number of hydrazone groups is 1. The van der Waals surface area contributed by atoms with Crippen molar-refractivity contribution in [1.82, 2.24) is 14.8 Å². The van der Waals surface area contributed by atoms with Crippen molar-refractivity contribution in [2.45, 2.75) is 26.3 Å². The first-order chi connectivity index (χ1) is 18.8. The Bertz CT molecular complexity index is 1180. The lowest BCUT2D eigenvalue weighted by atomic mass is 9.97. The topological polar surface area (TPSA) is 83.9 Å². The van der Waals surface area contributed by atoms with E-state index in [1.165, 1.54) is 17.1 Å². The second kappa shape index (κ2) is 13.0. The van der Waals surface area contributed by atoms with E-state index in [4.69, 9.17) is 19.3 Å². The molecule has 1 saturated heterocycles. The Kier molecular flexibility index (Phi) is 9.53. The second-order valence-electron chi connectivity index (χ2n) is 9.99. The molecule has 2 aromatic carbocycles. The highest BCUT2D eigenvalue weighted by Gasteiger charge is 2.35. The van der Waals surface area contributed by atoms with Gasteiger partial charge >= 0.3 is 0 Å². The van der Waals surface area contributed by atoms with E-state index >= 15 is 0 Å². The highest BCUT2D eigenvalue weighted by Crippen LogP contribution is 2.36. The fraction of sp³-hybridized carbons (Fsp3) is 0.483. The molecule has 0 spiro atoms. The SMILES string of the molecule is COc1ccc(C2=NN(C(=O)CN(CCN3CCOCC3)C(=O)C(C)C)C(c3ccc(F)cc3)C2)c(OC)c1. The van der Waals surface area contributed by atoms with E-state index in [0.29, 0.717) is 49.9 Å². The molecule has 0 aromatic heterocycles. The van der Waals surface area contributed by atoms with Gasteiger partial charge in [-0.15, -0.1) is 0 Å². The third kappa shape index (κ3) is 6.93. The Morgan fingerprint density at radius 2 is 1.82 bits per heavy atom. The summed E-state index contributed by atoms with van der Waals surface area (Å²) in [6.45, 7) is 7.58. The van der Waals surface area contributed by atoms with Crippen LogP contribution in [-0.2, 0) is 14.3 Å². The van der Waals surface area contributed by atoms with Gasteiger partial charge in [0, 0.05) is 50.1 Å². The number of carbonyl (C=O) groups is 2. The van der Waals surface area contributed by atoms with Gasteiger partial charge in [0.05, 0.1) is 39.2 Å². The molecular formula is C29H37FN4O5. The number of halogens is 1. The molecule has 4 rings (SSSR count). The zero-order chi connectivity index (χ0) is 27.9. The predicted molar refractivity (Wildman–Crippen MR) is 145 cm³/mol. The predicted octanol–water partition coefficient (Wildman–Crippen LogP) is 3.34. The fourth-order valence-electron chi connectivity index (χ4n) is 4.84. The molecular weight excluding hydrogens is 503 g/mol. The lowest BCUT2D eigenvalue weighted by Gasteiger charge is -2.31. The number of methoxy groups -OCH3 is 2. The Morgan fingerprint density at radius 3 is 2.46 bits per heavy atom. The van der Waals surface area contributed by atoms with Crippen LogP contribution < -0.4 is 9.47 Å². The molecule has 10 heteroatoms. The van der Waals surface area contributed by atoms with Gasteiger partial charge < -0.3 is 19.1 Å². The minimum atomic E-state index is -0.449. The van der Waals surface area contributed by atoms with Crippen molar-refractivity contribution >= 4 is 17.5 Å². The van der Waals surface area contributed by atoms with Gasteiger partial charge in [-0.3, -0.25) is 14.5 Å². The van der Waals surface area contributed by atoms with Gasteiger partial charge in [0.1, 0.15) is 23.9 Å².